The lowest BCUT2D eigenvalue weighted by atomic mass is 9.88. The number of nitrogens with one attached hydrogen (secondary N) is 2. The van der Waals surface area contributed by atoms with Crippen LogP contribution >= 0.6 is 0 Å². The molecule has 16 heavy (non-hydrogen) atoms. The maximum Gasteiger partial charge on any atom is 0.223 e. The Kier molecular flexibility index (Phi) is 3.29. The zero-order chi connectivity index (χ0) is 11.5. The third kappa shape index (κ3) is 2.44. The molecule has 0 spiro atoms. The van der Waals surface area contributed by atoms with Gasteiger partial charge in [0, 0.05) is 31.9 Å². The van der Waals surface area contributed by atoms with Gasteiger partial charge in [0.05, 0.1) is 0 Å². The summed E-state index contributed by atoms with van der Waals surface area (Å²) in [7, 11) is 1.98. The molecule has 88 valence electrons. The Hall–Kier alpha value is -1.29. The van der Waals surface area contributed by atoms with Crippen molar-refractivity contribution < 1.29 is 4.79 Å². The quantitative estimate of drug-likeness (QED) is 0.777. The molecule has 0 bridgehead atoms. The monoisotopic (exact) mass is 221 g/mol. The van der Waals surface area contributed by atoms with Gasteiger partial charge in [0.1, 0.15) is 0 Å². The van der Waals surface area contributed by atoms with Crippen LogP contribution in [0.25, 0.3) is 0 Å². The lowest BCUT2D eigenvalue weighted by Gasteiger charge is -2.31. The second kappa shape index (κ2) is 4.70. The SMILES string of the molecule is CC(C(=O)NCc1ccn(C)c1)C1CNC1. The van der Waals surface area contributed by atoms with E-state index in [1.165, 1.54) is 0 Å². The van der Waals surface area contributed by atoms with Crippen molar-refractivity contribution in [1.82, 2.24) is 15.2 Å². The Bertz CT molecular complexity index is 368. The van der Waals surface area contributed by atoms with Gasteiger partial charge >= 0.3 is 0 Å². The van der Waals surface area contributed by atoms with Crippen LogP contribution < -0.4 is 10.6 Å². The second-order valence-electron chi connectivity index (χ2n) is 4.61. The summed E-state index contributed by atoms with van der Waals surface area (Å²) in [6.45, 7) is 4.58. The number of carbonyl (C=O) groups excluding carboxylic acids is 1. The van der Waals surface area contributed by atoms with E-state index in [0.29, 0.717) is 12.5 Å². The van der Waals surface area contributed by atoms with E-state index in [2.05, 4.69) is 10.6 Å². The van der Waals surface area contributed by atoms with Crippen LogP contribution in [0.15, 0.2) is 18.5 Å². The number of aromatic nitrogens is 1. The van der Waals surface area contributed by atoms with E-state index in [1.807, 2.05) is 37.0 Å². The van der Waals surface area contributed by atoms with Crippen molar-refractivity contribution in [3.63, 3.8) is 0 Å². The fourth-order valence-electron chi connectivity index (χ4n) is 1.89. The first-order valence-electron chi connectivity index (χ1n) is 5.76. The summed E-state index contributed by atoms with van der Waals surface area (Å²) in [6, 6.07) is 2.02. The maximum atomic E-state index is 11.8. The summed E-state index contributed by atoms with van der Waals surface area (Å²) in [5.41, 5.74) is 1.15. The van der Waals surface area contributed by atoms with Gasteiger partial charge in [-0.15, -0.1) is 0 Å². The molecule has 1 aliphatic heterocycles. The number of nitrogens with zero attached hydrogens (tertiary/aromatic N) is 1. The topological polar surface area (TPSA) is 46.1 Å². The van der Waals surface area contributed by atoms with Gasteiger partial charge in [-0.05, 0) is 30.6 Å². The van der Waals surface area contributed by atoms with Gasteiger partial charge in [0.15, 0.2) is 0 Å². The van der Waals surface area contributed by atoms with Crippen LogP contribution in [-0.4, -0.2) is 23.6 Å². The summed E-state index contributed by atoms with van der Waals surface area (Å²) in [6.07, 6.45) is 4.01. The van der Waals surface area contributed by atoms with Crippen LogP contribution in [0.1, 0.15) is 12.5 Å². The standard InChI is InChI=1S/C12H19N3O/c1-9(11-6-13-7-11)12(16)14-5-10-3-4-15(2)8-10/h3-4,8-9,11,13H,5-7H2,1-2H3,(H,14,16). The molecule has 1 fully saturated rings. The highest BCUT2D eigenvalue weighted by atomic mass is 16.1. The summed E-state index contributed by atoms with van der Waals surface area (Å²) < 4.78 is 1.99. The number of rotatable bonds is 4. The van der Waals surface area contributed by atoms with Crippen molar-refractivity contribution in [3.8, 4) is 0 Å². The third-order valence-electron chi connectivity index (χ3n) is 3.29. The zero-order valence-electron chi connectivity index (χ0n) is 9.86. The average molecular weight is 221 g/mol. The van der Waals surface area contributed by atoms with E-state index < -0.39 is 0 Å². The Morgan fingerprint density at radius 1 is 1.69 bits per heavy atom. The van der Waals surface area contributed by atoms with Crippen molar-refractivity contribution in [1.29, 1.82) is 0 Å². The third-order valence-corrected chi connectivity index (χ3v) is 3.29. The molecule has 1 aliphatic rings. The Labute approximate surface area is 96.0 Å². The fraction of sp³-hybridized carbons (Fsp3) is 0.583. The van der Waals surface area contributed by atoms with Crippen LogP contribution in [0.4, 0.5) is 0 Å². The van der Waals surface area contributed by atoms with E-state index in [4.69, 9.17) is 0 Å². The second-order valence-corrected chi connectivity index (χ2v) is 4.61. The molecule has 1 saturated heterocycles. The first-order valence-corrected chi connectivity index (χ1v) is 5.76. The van der Waals surface area contributed by atoms with Crippen molar-refractivity contribution in [2.45, 2.75) is 13.5 Å². The lowest BCUT2D eigenvalue weighted by Crippen LogP contribution is -2.49. The van der Waals surface area contributed by atoms with Crippen LogP contribution in [0.3, 0.4) is 0 Å². The number of amides is 1. The molecule has 0 radical (unpaired) electrons. The zero-order valence-corrected chi connectivity index (χ0v) is 9.86. The molecule has 1 amide bonds. The fourth-order valence-corrected chi connectivity index (χ4v) is 1.89. The Balaban J connectivity index is 1.78. The van der Waals surface area contributed by atoms with Gasteiger partial charge in [-0.2, -0.15) is 0 Å². The van der Waals surface area contributed by atoms with Gasteiger partial charge in [0.2, 0.25) is 5.91 Å². The molecule has 1 atom stereocenters. The highest BCUT2D eigenvalue weighted by molar-refractivity contribution is 5.78. The molecule has 4 nitrogen and oxygen atoms in total. The normalized spacial score (nSPS) is 17.9. The van der Waals surface area contributed by atoms with E-state index in [0.717, 1.165) is 18.7 Å². The van der Waals surface area contributed by atoms with Crippen LogP contribution in [0.2, 0.25) is 0 Å². The van der Waals surface area contributed by atoms with E-state index in [9.17, 15) is 4.79 Å². The van der Waals surface area contributed by atoms with Crippen LogP contribution in [0, 0.1) is 11.8 Å². The molecular weight excluding hydrogens is 202 g/mol. The molecule has 0 saturated carbocycles. The molecule has 2 N–H and O–H groups in total. The molecule has 0 aliphatic carbocycles. The molecule has 1 unspecified atom stereocenters. The number of aryl methyl sites for hydroxylation is 1. The Morgan fingerprint density at radius 3 is 2.94 bits per heavy atom. The van der Waals surface area contributed by atoms with Gasteiger partial charge in [-0.25, -0.2) is 0 Å². The predicted octanol–water partition coefficient (Wildman–Crippen LogP) is 0.497. The summed E-state index contributed by atoms with van der Waals surface area (Å²) >= 11 is 0. The smallest absolute Gasteiger partial charge is 0.223 e. The maximum absolute atomic E-state index is 11.8. The molecule has 1 aromatic rings. The molecular formula is C12H19N3O. The minimum atomic E-state index is 0.116. The number of hydrogen-bond acceptors (Lipinski definition) is 2. The van der Waals surface area contributed by atoms with Gasteiger partial charge < -0.3 is 15.2 Å². The minimum Gasteiger partial charge on any atom is -0.357 e. The predicted molar refractivity (Wildman–Crippen MR) is 62.8 cm³/mol. The van der Waals surface area contributed by atoms with E-state index in [-0.39, 0.29) is 11.8 Å². The van der Waals surface area contributed by atoms with Crippen molar-refractivity contribution in [3.05, 3.63) is 24.0 Å². The highest BCUT2D eigenvalue weighted by Gasteiger charge is 2.28. The first-order chi connectivity index (χ1) is 7.66. The van der Waals surface area contributed by atoms with Crippen molar-refractivity contribution >= 4 is 5.91 Å². The Morgan fingerprint density at radius 2 is 2.44 bits per heavy atom. The van der Waals surface area contributed by atoms with Gasteiger partial charge in [-0.3, -0.25) is 4.79 Å². The average Bonchev–Trinajstić information content (AvgIpc) is 2.58. The molecule has 4 heteroatoms. The molecule has 2 heterocycles. The van der Waals surface area contributed by atoms with E-state index >= 15 is 0 Å². The summed E-state index contributed by atoms with van der Waals surface area (Å²) in [5.74, 6) is 0.788. The van der Waals surface area contributed by atoms with Gasteiger partial charge in [0.25, 0.3) is 0 Å². The lowest BCUT2D eigenvalue weighted by molar-refractivity contribution is -0.126. The number of hydrogen-bond donors (Lipinski definition) is 2. The van der Waals surface area contributed by atoms with Crippen molar-refractivity contribution in [2.24, 2.45) is 18.9 Å². The van der Waals surface area contributed by atoms with Gasteiger partial charge in [-0.1, -0.05) is 6.92 Å². The summed E-state index contributed by atoms with van der Waals surface area (Å²) in [5, 5.41) is 6.17. The largest absolute Gasteiger partial charge is 0.357 e. The van der Waals surface area contributed by atoms with E-state index in [1.54, 1.807) is 0 Å². The summed E-state index contributed by atoms with van der Waals surface area (Å²) in [4.78, 5) is 11.8. The molecule has 2 rings (SSSR count). The highest BCUT2D eigenvalue weighted by Crippen LogP contribution is 2.15. The van der Waals surface area contributed by atoms with Crippen LogP contribution in [0.5, 0.6) is 0 Å². The number of carbonyl (C=O) groups is 1. The molecule has 1 aromatic heterocycles. The van der Waals surface area contributed by atoms with Crippen molar-refractivity contribution in [2.75, 3.05) is 13.1 Å². The molecule has 0 aromatic carbocycles. The minimum absolute atomic E-state index is 0.116. The van der Waals surface area contributed by atoms with Crippen LogP contribution in [-0.2, 0) is 18.4 Å². The first kappa shape index (κ1) is 11.2.